The van der Waals surface area contributed by atoms with Crippen molar-refractivity contribution in [3.05, 3.63) is 0 Å². The molecule has 20 heavy (non-hydrogen) atoms. The highest BCUT2D eigenvalue weighted by molar-refractivity contribution is 4.99. The number of piperidine rings is 1. The third-order valence-electron chi connectivity index (χ3n) is 4.79. The van der Waals surface area contributed by atoms with Crippen LogP contribution in [0.2, 0.25) is 0 Å². The zero-order valence-corrected chi connectivity index (χ0v) is 13.4. The Balaban J connectivity index is 2.02. The molecule has 0 radical (unpaired) electrons. The van der Waals surface area contributed by atoms with E-state index in [0.717, 1.165) is 45.5 Å². The van der Waals surface area contributed by atoms with Crippen molar-refractivity contribution in [1.29, 1.82) is 0 Å². The fourth-order valence-electron chi connectivity index (χ4n) is 3.99. The van der Waals surface area contributed by atoms with Gasteiger partial charge in [0.1, 0.15) is 0 Å². The van der Waals surface area contributed by atoms with Crippen LogP contribution in [-0.4, -0.2) is 55.0 Å². The van der Waals surface area contributed by atoms with Crippen molar-refractivity contribution in [2.75, 3.05) is 26.2 Å². The largest absolute Gasteiger partial charge is 0.377 e. The predicted octanol–water partition coefficient (Wildman–Crippen LogP) is 2.16. The maximum Gasteiger partial charge on any atom is 0.0702 e. The molecule has 0 aromatic carbocycles. The lowest BCUT2D eigenvalue weighted by molar-refractivity contribution is -0.121. The van der Waals surface area contributed by atoms with Crippen molar-refractivity contribution in [2.24, 2.45) is 5.73 Å². The van der Waals surface area contributed by atoms with Crippen molar-refractivity contribution >= 4 is 0 Å². The fourth-order valence-corrected chi connectivity index (χ4v) is 3.99. The minimum absolute atomic E-state index is 0.116. The van der Waals surface area contributed by atoms with Gasteiger partial charge in [-0.25, -0.2) is 0 Å². The molecule has 0 aromatic heterocycles. The highest BCUT2D eigenvalue weighted by atomic mass is 16.5. The van der Waals surface area contributed by atoms with Crippen molar-refractivity contribution in [2.45, 2.75) is 76.7 Å². The first-order valence-corrected chi connectivity index (χ1v) is 8.32. The first-order valence-electron chi connectivity index (χ1n) is 8.32. The molecule has 2 N–H and O–H groups in total. The van der Waals surface area contributed by atoms with Crippen LogP contribution in [0, 0.1) is 0 Å². The number of likely N-dealkylation sites (tertiary alicyclic amines) is 1. The van der Waals surface area contributed by atoms with Gasteiger partial charge in [0.25, 0.3) is 0 Å². The number of ether oxygens (including phenoxy) is 2. The normalized spacial score (nSPS) is 39.9. The summed E-state index contributed by atoms with van der Waals surface area (Å²) in [4.78, 5) is 2.60. The maximum absolute atomic E-state index is 6.20. The molecule has 0 amide bonds. The van der Waals surface area contributed by atoms with Crippen molar-refractivity contribution < 1.29 is 9.47 Å². The van der Waals surface area contributed by atoms with Gasteiger partial charge in [-0.05, 0) is 52.5 Å². The molecule has 4 nitrogen and oxygen atoms in total. The monoisotopic (exact) mass is 284 g/mol. The summed E-state index contributed by atoms with van der Waals surface area (Å²) in [6, 6.07) is 0. The smallest absolute Gasteiger partial charge is 0.0702 e. The lowest BCUT2D eigenvalue weighted by Crippen LogP contribution is -2.62. The SMILES string of the molecule is CCCOC1CCCN(C2(CN)CC(C)OC(C)C2)C1. The van der Waals surface area contributed by atoms with Crippen LogP contribution in [0.3, 0.4) is 0 Å². The van der Waals surface area contributed by atoms with E-state index in [9.17, 15) is 0 Å². The Kier molecular flexibility index (Phi) is 5.84. The number of hydrogen-bond donors (Lipinski definition) is 1. The molecule has 4 heteroatoms. The Morgan fingerprint density at radius 2 is 2.00 bits per heavy atom. The molecule has 3 atom stereocenters. The van der Waals surface area contributed by atoms with E-state index in [-0.39, 0.29) is 5.54 Å². The molecule has 118 valence electrons. The van der Waals surface area contributed by atoms with Gasteiger partial charge in [0.15, 0.2) is 0 Å². The molecule has 3 unspecified atom stereocenters. The predicted molar refractivity (Wildman–Crippen MR) is 81.9 cm³/mol. The van der Waals surface area contributed by atoms with E-state index in [0.29, 0.717) is 18.3 Å². The summed E-state index contributed by atoms with van der Waals surface area (Å²) < 4.78 is 11.9. The van der Waals surface area contributed by atoms with E-state index in [1.165, 1.54) is 12.8 Å². The summed E-state index contributed by atoms with van der Waals surface area (Å²) in [5, 5.41) is 0. The second-order valence-corrected chi connectivity index (χ2v) is 6.68. The third kappa shape index (κ3) is 3.73. The summed E-state index contributed by atoms with van der Waals surface area (Å²) in [5.41, 5.74) is 6.32. The molecule has 2 fully saturated rings. The first kappa shape index (κ1) is 16.2. The summed E-state index contributed by atoms with van der Waals surface area (Å²) >= 11 is 0. The van der Waals surface area contributed by atoms with Crippen LogP contribution in [0.15, 0.2) is 0 Å². The van der Waals surface area contributed by atoms with Crippen LogP contribution in [0.25, 0.3) is 0 Å². The first-order chi connectivity index (χ1) is 9.59. The van der Waals surface area contributed by atoms with Gasteiger partial charge in [-0.2, -0.15) is 0 Å². The van der Waals surface area contributed by atoms with Crippen LogP contribution < -0.4 is 5.73 Å². The van der Waals surface area contributed by atoms with Gasteiger partial charge in [0.05, 0.1) is 18.3 Å². The molecule has 2 saturated heterocycles. The lowest BCUT2D eigenvalue weighted by atomic mass is 9.81. The Labute approximate surface area is 124 Å². The topological polar surface area (TPSA) is 47.7 Å². The standard InChI is InChI=1S/C16H32N2O2/c1-4-8-19-15-6-5-7-18(11-15)16(12-17)9-13(2)20-14(3)10-16/h13-15H,4-12,17H2,1-3H3. The Bertz CT molecular complexity index is 288. The van der Waals surface area contributed by atoms with E-state index >= 15 is 0 Å². The van der Waals surface area contributed by atoms with Crippen LogP contribution in [-0.2, 0) is 9.47 Å². The Hall–Kier alpha value is -0.160. The molecular formula is C16H32N2O2. The second-order valence-electron chi connectivity index (χ2n) is 6.68. The molecular weight excluding hydrogens is 252 g/mol. The van der Waals surface area contributed by atoms with Gasteiger partial charge >= 0.3 is 0 Å². The minimum Gasteiger partial charge on any atom is -0.377 e. The number of nitrogens with two attached hydrogens (primary N) is 1. The molecule has 0 aromatic rings. The number of nitrogens with zero attached hydrogens (tertiary/aromatic N) is 1. The van der Waals surface area contributed by atoms with Gasteiger partial charge in [0.2, 0.25) is 0 Å². The van der Waals surface area contributed by atoms with Crippen LogP contribution in [0.1, 0.15) is 52.9 Å². The van der Waals surface area contributed by atoms with Crippen LogP contribution >= 0.6 is 0 Å². The van der Waals surface area contributed by atoms with Crippen molar-refractivity contribution in [3.8, 4) is 0 Å². The molecule has 0 aliphatic carbocycles. The van der Waals surface area contributed by atoms with E-state index in [1.807, 2.05) is 0 Å². The average molecular weight is 284 g/mol. The third-order valence-corrected chi connectivity index (χ3v) is 4.79. The van der Waals surface area contributed by atoms with Gasteiger partial charge in [0, 0.05) is 25.2 Å². The second kappa shape index (κ2) is 7.21. The summed E-state index contributed by atoms with van der Waals surface area (Å²) in [6.45, 7) is 10.3. The van der Waals surface area contributed by atoms with Crippen LogP contribution in [0.5, 0.6) is 0 Å². The Morgan fingerprint density at radius 3 is 2.60 bits per heavy atom. The number of rotatable bonds is 5. The molecule has 0 saturated carbocycles. The van der Waals surface area contributed by atoms with Crippen LogP contribution in [0.4, 0.5) is 0 Å². The highest BCUT2D eigenvalue weighted by Gasteiger charge is 2.43. The fraction of sp³-hybridized carbons (Fsp3) is 1.00. The van der Waals surface area contributed by atoms with Crippen molar-refractivity contribution in [1.82, 2.24) is 4.90 Å². The molecule has 2 heterocycles. The lowest BCUT2D eigenvalue weighted by Gasteiger charge is -2.51. The van der Waals surface area contributed by atoms with Gasteiger partial charge in [-0.3, -0.25) is 4.90 Å². The maximum atomic E-state index is 6.20. The van der Waals surface area contributed by atoms with Gasteiger partial charge in [-0.1, -0.05) is 6.92 Å². The van der Waals surface area contributed by atoms with Gasteiger partial charge in [-0.15, -0.1) is 0 Å². The molecule has 2 aliphatic rings. The van der Waals surface area contributed by atoms with E-state index in [1.54, 1.807) is 0 Å². The zero-order valence-electron chi connectivity index (χ0n) is 13.4. The van der Waals surface area contributed by atoms with Gasteiger partial charge < -0.3 is 15.2 Å². The quantitative estimate of drug-likeness (QED) is 0.840. The number of hydrogen-bond acceptors (Lipinski definition) is 4. The summed E-state index contributed by atoms with van der Waals surface area (Å²) in [7, 11) is 0. The van der Waals surface area contributed by atoms with E-state index in [2.05, 4.69) is 25.7 Å². The minimum atomic E-state index is 0.116. The molecule has 2 rings (SSSR count). The molecule has 2 aliphatic heterocycles. The summed E-state index contributed by atoms with van der Waals surface area (Å²) in [6.07, 6.45) is 6.61. The summed E-state index contributed by atoms with van der Waals surface area (Å²) in [5.74, 6) is 0. The van der Waals surface area contributed by atoms with E-state index in [4.69, 9.17) is 15.2 Å². The van der Waals surface area contributed by atoms with Crippen molar-refractivity contribution in [3.63, 3.8) is 0 Å². The zero-order chi connectivity index (χ0) is 14.6. The molecule has 0 bridgehead atoms. The molecule has 0 spiro atoms. The highest BCUT2D eigenvalue weighted by Crippen LogP contribution is 2.35. The Morgan fingerprint density at radius 1 is 1.30 bits per heavy atom. The average Bonchev–Trinajstić information content (AvgIpc) is 2.44. The van der Waals surface area contributed by atoms with E-state index < -0.39 is 0 Å².